The number of methoxy groups -OCH3 is 1. The first-order valence-corrected chi connectivity index (χ1v) is 9.95. The second-order valence-electron chi connectivity index (χ2n) is 7.57. The van der Waals surface area contributed by atoms with Crippen molar-refractivity contribution in [3.05, 3.63) is 35.3 Å². The van der Waals surface area contributed by atoms with E-state index in [9.17, 15) is 5.11 Å². The molecule has 0 bridgehead atoms. The van der Waals surface area contributed by atoms with Gasteiger partial charge in [-0.3, -0.25) is 0 Å². The molecule has 1 atom stereocenters. The van der Waals surface area contributed by atoms with Crippen molar-refractivity contribution in [1.29, 1.82) is 0 Å². The summed E-state index contributed by atoms with van der Waals surface area (Å²) in [5.74, 6) is 0.909. The Morgan fingerprint density at radius 1 is 1.14 bits per heavy atom. The van der Waals surface area contributed by atoms with Gasteiger partial charge in [0.15, 0.2) is 5.65 Å². The zero-order valence-electron chi connectivity index (χ0n) is 17.7. The maximum Gasteiger partial charge on any atom is 0.222 e. The highest BCUT2D eigenvalue weighted by Gasteiger charge is 2.20. The summed E-state index contributed by atoms with van der Waals surface area (Å²) >= 11 is 0. The van der Waals surface area contributed by atoms with E-state index in [0.717, 1.165) is 45.8 Å². The van der Waals surface area contributed by atoms with E-state index >= 15 is 0 Å². The van der Waals surface area contributed by atoms with Gasteiger partial charge in [0.2, 0.25) is 5.88 Å². The fourth-order valence-electron chi connectivity index (χ4n) is 3.47. The summed E-state index contributed by atoms with van der Waals surface area (Å²) < 4.78 is 7.72. The molecular weight excluding hydrogens is 352 g/mol. The Morgan fingerprint density at radius 3 is 2.50 bits per heavy atom. The zero-order valence-corrected chi connectivity index (χ0v) is 17.7. The van der Waals surface area contributed by atoms with E-state index in [-0.39, 0.29) is 12.6 Å². The SMILES string of the molecule is CCc1nc2c(nc1-c1ccc(C(C)C)nc1OC)c(C)cn2[C@H](C)CCO. The van der Waals surface area contributed by atoms with Crippen LogP contribution >= 0.6 is 0 Å². The number of aliphatic hydroxyl groups is 1. The molecule has 0 aliphatic rings. The van der Waals surface area contributed by atoms with Crippen LogP contribution in [0.3, 0.4) is 0 Å². The lowest BCUT2D eigenvalue weighted by Gasteiger charge is -2.15. The maximum absolute atomic E-state index is 9.32. The number of aromatic nitrogens is 4. The molecule has 0 aromatic carbocycles. The number of hydrogen-bond acceptors (Lipinski definition) is 5. The maximum atomic E-state index is 9.32. The lowest BCUT2D eigenvalue weighted by atomic mass is 10.1. The minimum Gasteiger partial charge on any atom is -0.480 e. The van der Waals surface area contributed by atoms with Crippen LogP contribution in [0.5, 0.6) is 5.88 Å². The minimum atomic E-state index is 0.150. The minimum absolute atomic E-state index is 0.150. The molecule has 0 spiro atoms. The summed E-state index contributed by atoms with van der Waals surface area (Å²) in [6, 6.07) is 4.24. The molecule has 28 heavy (non-hydrogen) atoms. The molecule has 0 aliphatic carbocycles. The van der Waals surface area contributed by atoms with E-state index in [0.29, 0.717) is 18.2 Å². The Hall–Kier alpha value is -2.47. The number of rotatable bonds is 7. The Kier molecular flexibility index (Phi) is 5.98. The molecule has 3 rings (SSSR count). The summed E-state index contributed by atoms with van der Waals surface area (Å²) in [4.78, 5) is 14.6. The van der Waals surface area contributed by atoms with Crippen LogP contribution in [0.15, 0.2) is 18.3 Å². The normalized spacial score (nSPS) is 12.7. The van der Waals surface area contributed by atoms with Gasteiger partial charge in [0.1, 0.15) is 5.52 Å². The smallest absolute Gasteiger partial charge is 0.222 e. The number of hydrogen-bond donors (Lipinski definition) is 1. The quantitative estimate of drug-likeness (QED) is 0.654. The fourth-order valence-corrected chi connectivity index (χ4v) is 3.47. The number of fused-ring (bicyclic) bond motifs is 1. The highest BCUT2D eigenvalue weighted by Crippen LogP contribution is 2.33. The zero-order chi connectivity index (χ0) is 20.4. The molecule has 3 aromatic heterocycles. The van der Waals surface area contributed by atoms with Gasteiger partial charge in [-0.2, -0.15) is 0 Å². The van der Waals surface area contributed by atoms with E-state index in [1.807, 2.05) is 19.1 Å². The summed E-state index contributed by atoms with van der Waals surface area (Å²) in [6.07, 6.45) is 3.51. The van der Waals surface area contributed by atoms with E-state index in [1.165, 1.54) is 0 Å². The van der Waals surface area contributed by atoms with Crippen LogP contribution in [0, 0.1) is 6.92 Å². The number of aliphatic hydroxyl groups excluding tert-OH is 1. The molecule has 0 fully saturated rings. The Labute approximate surface area is 166 Å². The monoisotopic (exact) mass is 382 g/mol. The molecule has 150 valence electrons. The van der Waals surface area contributed by atoms with Gasteiger partial charge in [0, 0.05) is 24.5 Å². The van der Waals surface area contributed by atoms with Gasteiger partial charge in [0.05, 0.1) is 24.1 Å². The van der Waals surface area contributed by atoms with Crippen molar-refractivity contribution in [2.75, 3.05) is 13.7 Å². The molecule has 3 heterocycles. The molecule has 3 aromatic rings. The number of ether oxygens (including phenoxy) is 1. The van der Waals surface area contributed by atoms with Crippen molar-refractivity contribution in [1.82, 2.24) is 19.5 Å². The average molecular weight is 383 g/mol. The second kappa shape index (κ2) is 8.27. The van der Waals surface area contributed by atoms with Crippen molar-refractivity contribution in [2.24, 2.45) is 0 Å². The number of pyridine rings is 1. The van der Waals surface area contributed by atoms with Crippen molar-refractivity contribution in [3.8, 4) is 17.1 Å². The van der Waals surface area contributed by atoms with Crippen molar-refractivity contribution < 1.29 is 9.84 Å². The summed E-state index contributed by atoms with van der Waals surface area (Å²) in [6.45, 7) is 10.6. The lowest BCUT2D eigenvalue weighted by molar-refractivity contribution is 0.264. The molecule has 0 saturated carbocycles. The predicted molar refractivity (Wildman–Crippen MR) is 112 cm³/mol. The Morgan fingerprint density at radius 2 is 1.89 bits per heavy atom. The van der Waals surface area contributed by atoms with Gasteiger partial charge in [-0.15, -0.1) is 0 Å². The molecule has 6 nitrogen and oxygen atoms in total. The molecule has 0 radical (unpaired) electrons. The molecule has 0 saturated heterocycles. The van der Waals surface area contributed by atoms with Crippen LogP contribution in [0.1, 0.15) is 63.0 Å². The van der Waals surface area contributed by atoms with E-state index in [2.05, 4.69) is 43.4 Å². The van der Waals surface area contributed by atoms with Crippen LogP contribution < -0.4 is 4.74 Å². The van der Waals surface area contributed by atoms with E-state index in [1.54, 1.807) is 7.11 Å². The van der Waals surface area contributed by atoms with Crippen LogP contribution in [-0.4, -0.2) is 38.3 Å². The van der Waals surface area contributed by atoms with Crippen molar-refractivity contribution >= 4 is 11.2 Å². The second-order valence-corrected chi connectivity index (χ2v) is 7.57. The molecule has 1 N–H and O–H groups in total. The Balaban J connectivity index is 2.21. The molecule has 0 unspecified atom stereocenters. The summed E-state index contributed by atoms with van der Waals surface area (Å²) in [7, 11) is 1.64. The summed E-state index contributed by atoms with van der Waals surface area (Å²) in [5.41, 5.74) is 6.42. The third-order valence-corrected chi connectivity index (χ3v) is 5.18. The molecule has 6 heteroatoms. The number of nitrogens with zero attached hydrogens (tertiary/aromatic N) is 4. The average Bonchev–Trinajstić information content (AvgIpc) is 3.02. The van der Waals surface area contributed by atoms with Crippen LogP contribution in [0.25, 0.3) is 22.4 Å². The van der Waals surface area contributed by atoms with Gasteiger partial charge in [-0.1, -0.05) is 20.8 Å². The molecular formula is C22H30N4O2. The standard InChI is InChI=1S/C22H30N4O2/c1-7-17-20(16-8-9-18(13(2)3)24-22(16)28-6)25-19-14(4)12-26(21(19)23-17)15(5)10-11-27/h8-9,12-13,15,27H,7,10-11H2,1-6H3/t15-/m1/s1. The Bertz CT molecular complexity index is 978. The molecule has 0 amide bonds. The van der Waals surface area contributed by atoms with Gasteiger partial charge in [0.25, 0.3) is 0 Å². The third-order valence-electron chi connectivity index (χ3n) is 5.18. The van der Waals surface area contributed by atoms with E-state index < -0.39 is 0 Å². The van der Waals surface area contributed by atoms with Crippen LogP contribution in [0.2, 0.25) is 0 Å². The number of aryl methyl sites for hydroxylation is 2. The first-order valence-electron chi connectivity index (χ1n) is 9.95. The van der Waals surface area contributed by atoms with Gasteiger partial charge < -0.3 is 14.4 Å². The predicted octanol–water partition coefficient (Wildman–Crippen LogP) is 4.44. The van der Waals surface area contributed by atoms with E-state index in [4.69, 9.17) is 14.7 Å². The first-order chi connectivity index (χ1) is 13.4. The summed E-state index contributed by atoms with van der Waals surface area (Å²) in [5, 5.41) is 9.32. The highest BCUT2D eigenvalue weighted by molar-refractivity contribution is 5.81. The third kappa shape index (κ3) is 3.61. The lowest BCUT2D eigenvalue weighted by Crippen LogP contribution is -2.08. The van der Waals surface area contributed by atoms with Gasteiger partial charge in [-0.05, 0) is 50.3 Å². The van der Waals surface area contributed by atoms with Crippen molar-refractivity contribution in [3.63, 3.8) is 0 Å². The van der Waals surface area contributed by atoms with Crippen LogP contribution in [-0.2, 0) is 6.42 Å². The van der Waals surface area contributed by atoms with Gasteiger partial charge >= 0.3 is 0 Å². The largest absolute Gasteiger partial charge is 0.480 e. The highest BCUT2D eigenvalue weighted by atomic mass is 16.5. The van der Waals surface area contributed by atoms with Crippen LogP contribution in [0.4, 0.5) is 0 Å². The fraction of sp³-hybridized carbons (Fsp3) is 0.500. The molecule has 0 aliphatic heterocycles. The topological polar surface area (TPSA) is 73.1 Å². The first kappa shape index (κ1) is 20.3. The van der Waals surface area contributed by atoms with Crippen molar-refractivity contribution in [2.45, 2.75) is 59.4 Å². The van der Waals surface area contributed by atoms with Gasteiger partial charge in [-0.25, -0.2) is 15.0 Å².